The number of carbonyl (C=O) groups excluding carboxylic acids is 1. The number of halogens is 1. The molecular weight excluding hydrogens is 332 g/mol. The molecular formula is C21H25ClN2O. The molecule has 3 rings (SSSR count). The molecule has 0 fully saturated rings. The van der Waals surface area contributed by atoms with E-state index in [0.717, 1.165) is 12.8 Å². The smallest absolute Gasteiger partial charge is 0.254 e. The summed E-state index contributed by atoms with van der Waals surface area (Å²) in [6.45, 7) is 7.30. The summed E-state index contributed by atoms with van der Waals surface area (Å²) in [6, 6.07) is 13.8. The molecule has 25 heavy (non-hydrogen) atoms. The van der Waals surface area contributed by atoms with Crippen LogP contribution in [0.1, 0.15) is 42.3 Å². The number of nitrogens with zero attached hydrogens (tertiary/aromatic N) is 1. The summed E-state index contributed by atoms with van der Waals surface area (Å²) in [5.74, 6) is 0.0228. The van der Waals surface area contributed by atoms with Crippen LogP contribution < -0.4 is 5.73 Å². The van der Waals surface area contributed by atoms with E-state index in [9.17, 15) is 4.79 Å². The Labute approximate surface area is 154 Å². The molecule has 4 heteroatoms. The minimum atomic E-state index is -0.0231. The maximum absolute atomic E-state index is 13.3. The molecule has 3 nitrogen and oxygen atoms in total. The zero-order chi connectivity index (χ0) is 18.2. The number of hydrogen-bond donors (Lipinski definition) is 1. The molecule has 2 aromatic carbocycles. The highest BCUT2D eigenvalue weighted by molar-refractivity contribution is 6.33. The van der Waals surface area contributed by atoms with Crippen LogP contribution >= 0.6 is 11.6 Å². The fourth-order valence-corrected chi connectivity index (χ4v) is 3.74. The lowest BCUT2D eigenvalue weighted by Gasteiger charge is -2.39. The lowest BCUT2D eigenvalue weighted by atomic mass is 9.81. The van der Waals surface area contributed by atoms with Gasteiger partial charge in [0.2, 0.25) is 0 Å². The minimum Gasteiger partial charge on any atom is -0.398 e. The zero-order valence-electron chi connectivity index (χ0n) is 15.1. The maximum atomic E-state index is 13.3. The van der Waals surface area contributed by atoms with E-state index in [1.165, 1.54) is 11.1 Å². The van der Waals surface area contributed by atoms with Crippen molar-refractivity contribution in [3.05, 3.63) is 64.2 Å². The van der Waals surface area contributed by atoms with E-state index >= 15 is 0 Å². The van der Waals surface area contributed by atoms with Gasteiger partial charge in [0.25, 0.3) is 5.91 Å². The van der Waals surface area contributed by atoms with Crippen molar-refractivity contribution in [2.75, 3.05) is 12.3 Å². The topological polar surface area (TPSA) is 46.3 Å². The lowest BCUT2D eigenvalue weighted by Crippen LogP contribution is -2.48. The van der Waals surface area contributed by atoms with Gasteiger partial charge in [-0.2, -0.15) is 0 Å². The molecule has 0 saturated heterocycles. The Hall–Kier alpha value is -2.00. The first-order chi connectivity index (χ1) is 11.8. The Morgan fingerprint density at radius 3 is 2.48 bits per heavy atom. The number of hydrogen-bond acceptors (Lipinski definition) is 2. The Kier molecular flexibility index (Phi) is 4.79. The average Bonchev–Trinajstić information content (AvgIpc) is 2.76. The van der Waals surface area contributed by atoms with E-state index in [-0.39, 0.29) is 17.4 Å². The number of anilines is 1. The van der Waals surface area contributed by atoms with E-state index in [0.29, 0.717) is 22.8 Å². The second-order valence-electron chi connectivity index (χ2n) is 7.84. The van der Waals surface area contributed by atoms with E-state index in [2.05, 4.69) is 45.0 Å². The molecule has 0 aliphatic carbocycles. The van der Waals surface area contributed by atoms with Crippen molar-refractivity contribution in [1.29, 1.82) is 0 Å². The van der Waals surface area contributed by atoms with Crippen molar-refractivity contribution in [1.82, 2.24) is 4.90 Å². The molecule has 1 amide bonds. The Bertz CT molecular complexity index is 795. The Balaban J connectivity index is 1.98. The molecule has 2 aromatic rings. The first kappa shape index (κ1) is 17.8. The van der Waals surface area contributed by atoms with Crippen LogP contribution in [0.4, 0.5) is 5.69 Å². The lowest BCUT2D eigenvalue weighted by molar-refractivity contribution is 0.0532. The summed E-state index contributed by atoms with van der Waals surface area (Å²) in [5.41, 5.74) is 9.53. The molecule has 1 heterocycles. The Morgan fingerprint density at radius 2 is 1.84 bits per heavy atom. The normalized spacial score (nSPS) is 17.8. The molecule has 0 unspecified atom stereocenters. The SMILES string of the molecule is CC(C)(C)[C@@H]1Cc2ccccc2CCN1C(=O)c1ccc(N)c(Cl)c1. The van der Waals surface area contributed by atoms with Gasteiger partial charge in [0.15, 0.2) is 0 Å². The summed E-state index contributed by atoms with van der Waals surface area (Å²) in [5, 5.41) is 0.427. The van der Waals surface area contributed by atoms with Gasteiger partial charge in [0.1, 0.15) is 0 Å². The van der Waals surface area contributed by atoms with Gasteiger partial charge >= 0.3 is 0 Å². The average molecular weight is 357 g/mol. The number of fused-ring (bicyclic) bond motifs is 1. The van der Waals surface area contributed by atoms with Crippen LogP contribution in [-0.2, 0) is 12.8 Å². The van der Waals surface area contributed by atoms with Crippen molar-refractivity contribution >= 4 is 23.2 Å². The number of benzene rings is 2. The molecule has 1 atom stereocenters. The van der Waals surface area contributed by atoms with Crippen molar-refractivity contribution in [3.8, 4) is 0 Å². The number of carbonyl (C=O) groups is 1. The number of amides is 1. The maximum Gasteiger partial charge on any atom is 0.254 e. The van der Waals surface area contributed by atoms with Crippen molar-refractivity contribution in [2.24, 2.45) is 5.41 Å². The van der Waals surface area contributed by atoms with Gasteiger partial charge in [0, 0.05) is 18.2 Å². The fraction of sp³-hybridized carbons (Fsp3) is 0.381. The van der Waals surface area contributed by atoms with Crippen LogP contribution in [0.5, 0.6) is 0 Å². The monoisotopic (exact) mass is 356 g/mol. The second kappa shape index (κ2) is 6.72. The summed E-state index contributed by atoms with van der Waals surface area (Å²) in [6.07, 6.45) is 1.74. The largest absolute Gasteiger partial charge is 0.398 e. The molecule has 2 N–H and O–H groups in total. The van der Waals surface area contributed by atoms with Crippen LogP contribution in [0.25, 0.3) is 0 Å². The third kappa shape index (κ3) is 3.67. The summed E-state index contributed by atoms with van der Waals surface area (Å²) in [4.78, 5) is 15.3. The van der Waals surface area contributed by atoms with Gasteiger partial charge in [-0.15, -0.1) is 0 Å². The Morgan fingerprint density at radius 1 is 1.16 bits per heavy atom. The van der Waals surface area contributed by atoms with Gasteiger partial charge in [0.05, 0.1) is 10.7 Å². The molecule has 1 aliphatic heterocycles. The molecule has 0 spiro atoms. The third-order valence-corrected chi connectivity index (χ3v) is 5.37. The predicted molar refractivity (Wildman–Crippen MR) is 104 cm³/mol. The molecule has 132 valence electrons. The standard InChI is InChI=1S/C21H25ClN2O/c1-21(2,3)19-13-15-7-5-4-6-14(15)10-11-24(19)20(25)16-8-9-18(23)17(22)12-16/h4-9,12,19H,10-11,13,23H2,1-3H3/t19-/m0/s1. The van der Waals surface area contributed by atoms with E-state index < -0.39 is 0 Å². The van der Waals surface area contributed by atoms with Gasteiger partial charge in [-0.05, 0) is 47.6 Å². The summed E-state index contributed by atoms with van der Waals surface area (Å²) < 4.78 is 0. The van der Waals surface area contributed by atoms with Gasteiger partial charge < -0.3 is 10.6 Å². The van der Waals surface area contributed by atoms with Crippen LogP contribution in [-0.4, -0.2) is 23.4 Å². The quantitative estimate of drug-likeness (QED) is 0.760. The zero-order valence-corrected chi connectivity index (χ0v) is 15.8. The molecule has 0 bridgehead atoms. The number of rotatable bonds is 1. The highest BCUT2D eigenvalue weighted by Crippen LogP contribution is 2.33. The highest BCUT2D eigenvalue weighted by atomic mass is 35.5. The van der Waals surface area contributed by atoms with E-state index in [4.69, 9.17) is 17.3 Å². The summed E-state index contributed by atoms with van der Waals surface area (Å²) >= 11 is 6.13. The molecule has 0 aromatic heterocycles. The highest BCUT2D eigenvalue weighted by Gasteiger charge is 2.36. The molecule has 0 saturated carbocycles. The first-order valence-corrected chi connectivity index (χ1v) is 9.08. The molecule has 0 radical (unpaired) electrons. The van der Waals surface area contributed by atoms with Crippen LogP contribution in [0.3, 0.4) is 0 Å². The van der Waals surface area contributed by atoms with Crippen molar-refractivity contribution in [2.45, 2.75) is 39.7 Å². The minimum absolute atomic E-state index is 0.0228. The predicted octanol–water partition coefficient (Wildman–Crippen LogP) is 4.58. The number of nitrogen functional groups attached to an aromatic ring is 1. The summed E-state index contributed by atoms with van der Waals surface area (Å²) in [7, 11) is 0. The van der Waals surface area contributed by atoms with Crippen LogP contribution in [0, 0.1) is 5.41 Å². The van der Waals surface area contributed by atoms with Crippen LogP contribution in [0.2, 0.25) is 5.02 Å². The number of nitrogens with two attached hydrogens (primary N) is 1. The van der Waals surface area contributed by atoms with Gasteiger partial charge in [-0.3, -0.25) is 4.79 Å². The molecule has 1 aliphatic rings. The second-order valence-corrected chi connectivity index (χ2v) is 8.25. The van der Waals surface area contributed by atoms with Gasteiger partial charge in [-0.25, -0.2) is 0 Å². The van der Waals surface area contributed by atoms with Crippen molar-refractivity contribution in [3.63, 3.8) is 0 Å². The van der Waals surface area contributed by atoms with E-state index in [1.54, 1.807) is 18.2 Å². The van der Waals surface area contributed by atoms with Crippen molar-refractivity contribution < 1.29 is 4.79 Å². The third-order valence-electron chi connectivity index (χ3n) is 5.04. The van der Waals surface area contributed by atoms with Gasteiger partial charge in [-0.1, -0.05) is 56.6 Å². The van der Waals surface area contributed by atoms with E-state index in [1.807, 2.05) is 4.90 Å². The van der Waals surface area contributed by atoms with Crippen LogP contribution in [0.15, 0.2) is 42.5 Å². The first-order valence-electron chi connectivity index (χ1n) is 8.70. The fourth-order valence-electron chi connectivity index (χ4n) is 3.56.